The lowest BCUT2D eigenvalue weighted by Gasteiger charge is -2.11. The molecule has 0 spiro atoms. The molecule has 0 saturated carbocycles. The highest BCUT2D eigenvalue weighted by atomic mass is 16.2. The molecule has 0 radical (unpaired) electrons. The minimum Gasteiger partial charge on any atom is -0.325 e. The van der Waals surface area contributed by atoms with Gasteiger partial charge in [-0.1, -0.05) is 0 Å². The van der Waals surface area contributed by atoms with E-state index in [-0.39, 0.29) is 17.4 Å². The number of benzene rings is 1. The Labute approximate surface area is 104 Å². The van der Waals surface area contributed by atoms with Crippen molar-refractivity contribution in [2.75, 3.05) is 10.6 Å². The third-order valence-corrected chi connectivity index (χ3v) is 2.03. The van der Waals surface area contributed by atoms with Crippen molar-refractivity contribution in [2.45, 2.75) is 13.8 Å². The highest BCUT2D eigenvalue weighted by molar-refractivity contribution is 6.01. The smallest absolute Gasteiger partial charge is 0.265 e. The number of nitrogens with two attached hydrogens (primary N) is 1. The van der Waals surface area contributed by atoms with Gasteiger partial charge in [0.1, 0.15) is 0 Å². The van der Waals surface area contributed by atoms with Gasteiger partial charge in [-0.3, -0.25) is 19.8 Å². The Morgan fingerprint density at radius 3 is 2.06 bits per heavy atom. The number of nitrogen functional groups attached to an aromatic ring is 1. The summed E-state index contributed by atoms with van der Waals surface area (Å²) in [6, 6.07) is 4.42. The third kappa shape index (κ3) is 3.56. The largest absolute Gasteiger partial charge is 0.325 e. The average molecular weight is 250 g/mol. The molecule has 0 saturated heterocycles. The van der Waals surface area contributed by atoms with Crippen LogP contribution >= 0.6 is 0 Å². The molecule has 5 N–H and O–H groups in total. The zero-order valence-corrected chi connectivity index (χ0v) is 10.0. The average Bonchev–Trinajstić information content (AvgIpc) is 2.29. The van der Waals surface area contributed by atoms with E-state index in [9.17, 15) is 14.4 Å². The Hall–Kier alpha value is -2.41. The van der Waals surface area contributed by atoms with Crippen LogP contribution in [0.15, 0.2) is 18.2 Å². The fourth-order valence-corrected chi connectivity index (χ4v) is 1.36. The van der Waals surface area contributed by atoms with Crippen molar-refractivity contribution in [2.24, 2.45) is 5.84 Å². The number of hydrazine groups is 1. The molecule has 0 fully saturated rings. The second-order valence-electron chi connectivity index (χ2n) is 3.60. The number of nitrogens with one attached hydrogen (secondary N) is 3. The maximum Gasteiger partial charge on any atom is 0.265 e. The molecule has 7 nitrogen and oxygen atoms in total. The molecule has 0 aliphatic carbocycles. The van der Waals surface area contributed by atoms with Crippen molar-refractivity contribution in [1.29, 1.82) is 0 Å². The first kappa shape index (κ1) is 13.7. The van der Waals surface area contributed by atoms with Gasteiger partial charge in [0.25, 0.3) is 5.91 Å². The first-order chi connectivity index (χ1) is 8.43. The predicted molar refractivity (Wildman–Crippen MR) is 66.7 cm³/mol. The van der Waals surface area contributed by atoms with E-state index in [0.29, 0.717) is 11.4 Å². The molecule has 0 heterocycles. The summed E-state index contributed by atoms with van der Waals surface area (Å²) >= 11 is 0. The van der Waals surface area contributed by atoms with E-state index in [2.05, 4.69) is 10.6 Å². The predicted octanol–water partition coefficient (Wildman–Crippen LogP) is 0.207. The first-order valence-corrected chi connectivity index (χ1v) is 5.14. The van der Waals surface area contributed by atoms with Crippen LogP contribution in [0.25, 0.3) is 0 Å². The lowest BCUT2D eigenvalue weighted by atomic mass is 10.1. The van der Waals surface area contributed by atoms with E-state index in [0.717, 1.165) is 0 Å². The molecule has 1 rings (SSSR count). The molecule has 1 aromatic rings. The number of rotatable bonds is 3. The maximum absolute atomic E-state index is 11.3. The van der Waals surface area contributed by atoms with Gasteiger partial charge in [0.2, 0.25) is 11.8 Å². The van der Waals surface area contributed by atoms with Gasteiger partial charge >= 0.3 is 0 Å². The van der Waals surface area contributed by atoms with Crippen LogP contribution in [0.5, 0.6) is 0 Å². The van der Waals surface area contributed by atoms with Gasteiger partial charge in [0, 0.05) is 19.4 Å². The minimum absolute atomic E-state index is 0.273. The van der Waals surface area contributed by atoms with Crippen LogP contribution < -0.4 is 21.9 Å². The highest BCUT2D eigenvalue weighted by Gasteiger charge is 2.10. The van der Waals surface area contributed by atoms with Crippen molar-refractivity contribution in [3.05, 3.63) is 23.8 Å². The van der Waals surface area contributed by atoms with Crippen LogP contribution in [0.1, 0.15) is 24.2 Å². The summed E-state index contributed by atoms with van der Waals surface area (Å²) in [6.45, 7) is 2.67. The maximum atomic E-state index is 11.3. The Bertz CT molecular complexity index is 499. The van der Waals surface area contributed by atoms with E-state index in [1.54, 1.807) is 0 Å². The summed E-state index contributed by atoms with van der Waals surface area (Å²) in [6.07, 6.45) is 0. The van der Waals surface area contributed by atoms with E-state index in [1.165, 1.54) is 32.0 Å². The van der Waals surface area contributed by atoms with Crippen LogP contribution in [0.3, 0.4) is 0 Å². The number of carbonyl (C=O) groups excluding carboxylic acids is 3. The van der Waals surface area contributed by atoms with Crippen LogP contribution in [-0.4, -0.2) is 17.7 Å². The van der Waals surface area contributed by atoms with Gasteiger partial charge in [0.15, 0.2) is 0 Å². The summed E-state index contributed by atoms with van der Waals surface area (Å²) in [5.41, 5.74) is 3.00. The second kappa shape index (κ2) is 5.78. The van der Waals surface area contributed by atoms with Gasteiger partial charge in [-0.25, -0.2) is 5.84 Å². The van der Waals surface area contributed by atoms with Crippen LogP contribution in [0.4, 0.5) is 11.4 Å². The molecule has 0 aliphatic heterocycles. The van der Waals surface area contributed by atoms with Crippen molar-refractivity contribution in [3.8, 4) is 0 Å². The van der Waals surface area contributed by atoms with Gasteiger partial charge in [-0.05, 0) is 18.2 Å². The van der Waals surface area contributed by atoms with Crippen molar-refractivity contribution in [1.82, 2.24) is 5.43 Å². The highest BCUT2D eigenvalue weighted by Crippen LogP contribution is 2.23. The molecule has 0 unspecified atom stereocenters. The molecule has 0 aliphatic rings. The van der Waals surface area contributed by atoms with Crippen LogP contribution in [0.2, 0.25) is 0 Å². The van der Waals surface area contributed by atoms with Crippen molar-refractivity contribution in [3.63, 3.8) is 0 Å². The molecule has 18 heavy (non-hydrogen) atoms. The van der Waals surface area contributed by atoms with Crippen molar-refractivity contribution >= 4 is 29.1 Å². The summed E-state index contributed by atoms with van der Waals surface area (Å²) in [5.74, 6) is 3.93. The molecular weight excluding hydrogens is 236 g/mol. The summed E-state index contributed by atoms with van der Waals surface area (Å²) in [7, 11) is 0. The molecular formula is C11H14N4O3. The topological polar surface area (TPSA) is 113 Å². The van der Waals surface area contributed by atoms with E-state index >= 15 is 0 Å². The molecule has 0 atom stereocenters. The zero-order chi connectivity index (χ0) is 13.7. The summed E-state index contributed by atoms with van der Waals surface area (Å²) in [5, 5.41) is 5.07. The fraction of sp³-hybridized carbons (Fsp3) is 0.182. The molecule has 96 valence electrons. The molecule has 0 aromatic heterocycles. The number of carbonyl (C=O) groups is 3. The monoisotopic (exact) mass is 250 g/mol. The number of hydrogen-bond acceptors (Lipinski definition) is 4. The molecule has 7 heteroatoms. The van der Waals surface area contributed by atoms with Gasteiger partial charge in [-0.15, -0.1) is 0 Å². The molecule has 3 amide bonds. The fourth-order valence-electron chi connectivity index (χ4n) is 1.36. The lowest BCUT2D eigenvalue weighted by Crippen LogP contribution is -2.30. The molecule has 0 bridgehead atoms. The SMILES string of the molecule is CC(=O)Nc1ccc(C(=O)NN)cc1NC(C)=O. The Kier molecular flexibility index (Phi) is 4.39. The standard InChI is InChI=1S/C11H14N4O3/c1-6(16)13-9-4-3-8(11(18)15-12)5-10(9)14-7(2)17/h3-5H,12H2,1-2H3,(H,13,16)(H,14,17)(H,15,18). The zero-order valence-electron chi connectivity index (χ0n) is 10.0. The molecule has 1 aromatic carbocycles. The van der Waals surface area contributed by atoms with Crippen molar-refractivity contribution < 1.29 is 14.4 Å². The lowest BCUT2D eigenvalue weighted by molar-refractivity contribution is -0.115. The Balaban J connectivity index is 3.15. The third-order valence-electron chi connectivity index (χ3n) is 2.03. The second-order valence-corrected chi connectivity index (χ2v) is 3.60. The quantitative estimate of drug-likeness (QED) is 0.349. The van der Waals surface area contributed by atoms with E-state index in [1.807, 2.05) is 5.43 Å². The van der Waals surface area contributed by atoms with E-state index < -0.39 is 5.91 Å². The van der Waals surface area contributed by atoms with Gasteiger partial charge < -0.3 is 10.6 Å². The Morgan fingerprint density at radius 1 is 1.00 bits per heavy atom. The Morgan fingerprint density at radius 2 is 1.56 bits per heavy atom. The number of amides is 3. The van der Waals surface area contributed by atoms with Crippen LogP contribution in [0, 0.1) is 0 Å². The first-order valence-electron chi connectivity index (χ1n) is 5.14. The van der Waals surface area contributed by atoms with E-state index in [4.69, 9.17) is 5.84 Å². The van der Waals surface area contributed by atoms with Crippen LogP contribution in [-0.2, 0) is 9.59 Å². The summed E-state index contributed by atoms with van der Waals surface area (Å²) < 4.78 is 0. The summed E-state index contributed by atoms with van der Waals surface area (Å²) in [4.78, 5) is 33.4. The minimum atomic E-state index is -0.490. The number of hydrogen-bond donors (Lipinski definition) is 4. The van der Waals surface area contributed by atoms with Gasteiger partial charge in [-0.2, -0.15) is 0 Å². The number of anilines is 2. The normalized spacial score (nSPS) is 9.50. The van der Waals surface area contributed by atoms with Gasteiger partial charge in [0.05, 0.1) is 11.4 Å².